The topological polar surface area (TPSA) is 93.6 Å². The van der Waals surface area contributed by atoms with E-state index < -0.39 is 10.0 Å². The Kier molecular flexibility index (Phi) is 6.06. The van der Waals surface area contributed by atoms with Gasteiger partial charge >= 0.3 is 0 Å². The minimum atomic E-state index is -3.63. The van der Waals surface area contributed by atoms with Gasteiger partial charge < -0.3 is 14.8 Å². The van der Waals surface area contributed by atoms with Gasteiger partial charge in [0.15, 0.2) is 5.82 Å². The highest BCUT2D eigenvalue weighted by molar-refractivity contribution is 7.89. The Labute approximate surface area is 181 Å². The Hall–Kier alpha value is -3.17. The molecule has 1 aliphatic rings. The van der Waals surface area contributed by atoms with Crippen molar-refractivity contribution in [2.45, 2.75) is 17.7 Å². The molecule has 0 atom stereocenters. The summed E-state index contributed by atoms with van der Waals surface area (Å²) in [6.07, 6.45) is 1.74. The lowest BCUT2D eigenvalue weighted by Gasteiger charge is -2.18. The fraction of sp³-hybridized carbons (Fsp3) is 0.273. The van der Waals surface area contributed by atoms with Gasteiger partial charge in [-0.1, -0.05) is 12.1 Å². The fourth-order valence-corrected chi connectivity index (χ4v) is 5.24. The van der Waals surface area contributed by atoms with Crippen LogP contribution in [-0.4, -0.2) is 50.2 Å². The molecule has 1 N–H and O–H groups in total. The van der Waals surface area contributed by atoms with Crippen LogP contribution in [-0.2, 0) is 10.0 Å². The van der Waals surface area contributed by atoms with Gasteiger partial charge in [0.25, 0.3) is 0 Å². The van der Waals surface area contributed by atoms with Gasteiger partial charge in [-0.05, 0) is 55.3 Å². The molecule has 1 aromatic heterocycles. The highest BCUT2D eigenvalue weighted by atomic mass is 32.2. The van der Waals surface area contributed by atoms with Gasteiger partial charge in [0.2, 0.25) is 10.0 Å². The summed E-state index contributed by atoms with van der Waals surface area (Å²) in [6.45, 7) is 1.05. The van der Waals surface area contributed by atoms with Crippen LogP contribution in [0.3, 0.4) is 0 Å². The Balaban J connectivity index is 1.62. The number of hydrogen-bond acceptors (Lipinski definition) is 7. The molecule has 162 valence electrons. The third-order valence-corrected chi connectivity index (χ3v) is 7.10. The first-order valence-corrected chi connectivity index (χ1v) is 11.4. The molecule has 31 heavy (non-hydrogen) atoms. The average Bonchev–Trinajstić information content (AvgIpc) is 3.35. The van der Waals surface area contributed by atoms with Gasteiger partial charge in [0.1, 0.15) is 16.4 Å². The molecule has 1 aliphatic heterocycles. The number of aromatic nitrogens is 2. The van der Waals surface area contributed by atoms with Gasteiger partial charge in [-0.25, -0.2) is 8.42 Å². The molecule has 0 aliphatic carbocycles. The lowest BCUT2D eigenvalue weighted by molar-refractivity contribution is 0.398. The van der Waals surface area contributed by atoms with Crippen molar-refractivity contribution >= 4 is 21.5 Å². The zero-order valence-electron chi connectivity index (χ0n) is 17.4. The fourth-order valence-electron chi connectivity index (χ4n) is 3.54. The molecule has 1 fully saturated rings. The smallest absolute Gasteiger partial charge is 0.246 e. The molecule has 3 aromatic rings. The maximum absolute atomic E-state index is 13.1. The monoisotopic (exact) mass is 440 g/mol. The zero-order valence-corrected chi connectivity index (χ0v) is 18.2. The first kappa shape index (κ1) is 21.1. The molecule has 2 aromatic carbocycles. The number of anilines is 2. The molecular formula is C22H24N4O4S. The number of rotatable bonds is 7. The quantitative estimate of drug-likeness (QED) is 0.599. The Morgan fingerprint density at radius 2 is 1.65 bits per heavy atom. The molecule has 9 heteroatoms. The highest BCUT2D eigenvalue weighted by Gasteiger charge is 2.30. The second-order valence-electron chi connectivity index (χ2n) is 7.11. The van der Waals surface area contributed by atoms with Crippen molar-refractivity contribution in [3.05, 3.63) is 54.6 Å². The highest BCUT2D eigenvalue weighted by Crippen LogP contribution is 2.33. The number of nitrogens with one attached hydrogen (secondary N) is 1. The largest absolute Gasteiger partial charge is 0.495 e. The van der Waals surface area contributed by atoms with E-state index in [2.05, 4.69) is 15.5 Å². The molecular weight excluding hydrogens is 416 g/mol. The maximum Gasteiger partial charge on any atom is 0.246 e. The number of benzene rings is 2. The standard InChI is InChI=1S/C22H24N4O4S/c1-29-19-8-4-3-7-18(19)23-22-12-10-17(24-25-22)16-9-11-20(30-2)21(15-16)31(27,28)26-13-5-6-14-26/h3-4,7-12,15H,5-6,13-14H2,1-2H3,(H,23,25). The molecule has 4 rings (SSSR count). The van der Waals surface area contributed by atoms with Crippen molar-refractivity contribution in [1.29, 1.82) is 0 Å². The van der Waals surface area contributed by atoms with Crippen LogP contribution >= 0.6 is 0 Å². The van der Waals surface area contributed by atoms with Crippen LogP contribution in [0.25, 0.3) is 11.3 Å². The van der Waals surface area contributed by atoms with E-state index >= 15 is 0 Å². The molecule has 1 saturated heterocycles. The van der Waals surface area contributed by atoms with Crippen molar-refractivity contribution in [2.24, 2.45) is 0 Å². The van der Waals surface area contributed by atoms with E-state index in [1.165, 1.54) is 11.4 Å². The maximum atomic E-state index is 13.1. The number of para-hydroxylation sites is 2. The van der Waals surface area contributed by atoms with Gasteiger partial charge in [0.05, 0.1) is 25.6 Å². The van der Waals surface area contributed by atoms with Crippen molar-refractivity contribution < 1.29 is 17.9 Å². The van der Waals surface area contributed by atoms with E-state index in [0.29, 0.717) is 41.7 Å². The van der Waals surface area contributed by atoms with Gasteiger partial charge in [0, 0.05) is 18.7 Å². The summed E-state index contributed by atoms with van der Waals surface area (Å²) < 4.78 is 38.4. The summed E-state index contributed by atoms with van der Waals surface area (Å²) in [6, 6.07) is 16.1. The van der Waals surface area contributed by atoms with Crippen LogP contribution in [0.4, 0.5) is 11.5 Å². The lowest BCUT2D eigenvalue weighted by Crippen LogP contribution is -2.28. The SMILES string of the molecule is COc1ccccc1Nc1ccc(-c2ccc(OC)c(S(=O)(=O)N3CCCC3)c2)nn1. The Morgan fingerprint density at radius 3 is 2.32 bits per heavy atom. The summed E-state index contributed by atoms with van der Waals surface area (Å²) in [5.74, 6) is 1.56. The van der Waals surface area contributed by atoms with E-state index in [1.54, 1.807) is 37.4 Å². The first-order valence-electron chi connectivity index (χ1n) is 9.95. The second-order valence-corrected chi connectivity index (χ2v) is 9.01. The van der Waals surface area contributed by atoms with E-state index in [4.69, 9.17) is 9.47 Å². The molecule has 0 saturated carbocycles. The lowest BCUT2D eigenvalue weighted by atomic mass is 10.1. The van der Waals surface area contributed by atoms with E-state index in [0.717, 1.165) is 18.5 Å². The third kappa shape index (κ3) is 4.33. The Bertz CT molecular complexity index is 1160. The van der Waals surface area contributed by atoms with Crippen LogP contribution < -0.4 is 14.8 Å². The number of nitrogens with zero attached hydrogens (tertiary/aromatic N) is 3. The molecule has 0 unspecified atom stereocenters. The molecule has 0 amide bonds. The van der Waals surface area contributed by atoms with Crippen LogP contribution in [0.2, 0.25) is 0 Å². The van der Waals surface area contributed by atoms with Gasteiger partial charge in [-0.3, -0.25) is 0 Å². The molecule has 0 radical (unpaired) electrons. The molecule has 0 spiro atoms. The minimum Gasteiger partial charge on any atom is -0.495 e. The summed E-state index contributed by atoms with van der Waals surface area (Å²) in [7, 11) is -0.562. The predicted octanol–water partition coefficient (Wildman–Crippen LogP) is 3.69. The second kappa shape index (κ2) is 8.91. The van der Waals surface area contributed by atoms with Crippen molar-refractivity contribution in [2.75, 3.05) is 32.6 Å². The third-order valence-electron chi connectivity index (χ3n) is 5.18. The van der Waals surface area contributed by atoms with E-state index in [9.17, 15) is 8.42 Å². The van der Waals surface area contributed by atoms with Crippen LogP contribution in [0.1, 0.15) is 12.8 Å². The number of sulfonamides is 1. The van der Waals surface area contributed by atoms with E-state index in [1.807, 2.05) is 24.3 Å². The van der Waals surface area contributed by atoms with Crippen LogP contribution in [0.5, 0.6) is 11.5 Å². The van der Waals surface area contributed by atoms with Crippen molar-refractivity contribution in [3.63, 3.8) is 0 Å². The predicted molar refractivity (Wildman–Crippen MR) is 118 cm³/mol. The summed E-state index contributed by atoms with van der Waals surface area (Å²) >= 11 is 0. The van der Waals surface area contributed by atoms with E-state index in [-0.39, 0.29) is 4.90 Å². The summed E-state index contributed by atoms with van der Waals surface area (Å²) in [5, 5.41) is 11.7. The van der Waals surface area contributed by atoms with Crippen LogP contribution in [0.15, 0.2) is 59.5 Å². The summed E-state index contributed by atoms with van der Waals surface area (Å²) in [5.41, 5.74) is 1.98. The van der Waals surface area contributed by atoms with Crippen LogP contribution in [0, 0.1) is 0 Å². The van der Waals surface area contributed by atoms with Gasteiger partial charge in [-0.2, -0.15) is 4.31 Å². The average molecular weight is 441 g/mol. The van der Waals surface area contributed by atoms with Gasteiger partial charge in [-0.15, -0.1) is 10.2 Å². The molecule has 2 heterocycles. The Morgan fingerprint density at radius 1 is 0.903 bits per heavy atom. The summed E-state index contributed by atoms with van der Waals surface area (Å²) in [4.78, 5) is 0.146. The zero-order chi connectivity index (χ0) is 21.8. The number of hydrogen-bond donors (Lipinski definition) is 1. The molecule has 0 bridgehead atoms. The minimum absolute atomic E-state index is 0.146. The van der Waals surface area contributed by atoms with Crippen molar-refractivity contribution in [1.82, 2.24) is 14.5 Å². The first-order chi connectivity index (χ1) is 15.0. The normalized spacial score (nSPS) is 14.4. The van der Waals surface area contributed by atoms with Crippen molar-refractivity contribution in [3.8, 4) is 22.8 Å². The molecule has 8 nitrogen and oxygen atoms in total. The number of ether oxygens (including phenoxy) is 2. The number of methoxy groups -OCH3 is 2.